The largest absolute Gasteiger partial charge is 0.360 e. The maximum atomic E-state index is 12.9. The molecule has 1 aromatic heterocycles. The molecular formula is C20H21BrN2O2. The fourth-order valence-electron chi connectivity index (χ4n) is 5.94. The number of nitrogens with one attached hydrogen (secondary N) is 2. The maximum absolute atomic E-state index is 12.9. The number of H-pyrrole nitrogens is 1. The Morgan fingerprint density at radius 1 is 1.12 bits per heavy atom. The SMILES string of the molecule is O=C(NC12CC3CC(CC(C3)C1)C2)c1c[nH]c2cc(Br)ccc2c1=O. The molecule has 2 aromatic rings. The summed E-state index contributed by atoms with van der Waals surface area (Å²) < 4.78 is 0.904. The van der Waals surface area contributed by atoms with Crippen LogP contribution in [0.25, 0.3) is 10.9 Å². The molecule has 0 spiro atoms. The molecule has 4 saturated carbocycles. The van der Waals surface area contributed by atoms with Gasteiger partial charge in [0, 0.05) is 21.6 Å². The van der Waals surface area contributed by atoms with Gasteiger partial charge >= 0.3 is 0 Å². The summed E-state index contributed by atoms with van der Waals surface area (Å²) in [6.07, 6.45) is 8.82. The monoisotopic (exact) mass is 400 g/mol. The van der Waals surface area contributed by atoms with Crippen LogP contribution in [0.5, 0.6) is 0 Å². The molecule has 4 fully saturated rings. The summed E-state index contributed by atoms with van der Waals surface area (Å²) in [5.41, 5.74) is 0.701. The second-order valence-corrected chi connectivity index (χ2v) is 9.29. The summed E-state index contributed by atoms with van der Waals surface area (Å²) >= 11 is 3.41. The Hall–Kier alpha value is -1.62. The summed E-state index contributed by atoms with van der Waals surface area (Å²) in [6.45, 7) is 0. The molecule has 25 heavy (non-hydrogen) atoms. The van der Waals surface area contributed by atoms with Crippen LogP contribution in [0.15, 0.2) is 33.7 Å². The number of carbonyl (C=O) groups is 1. The molecule has 1 amide bonds. The van der Waals surface area contributed by atoms with Crippen molar-refractivity contribution in [2.45, 2.75) is 44.1 Å². The Morgan fingerprint density at radius 3 is 2.40 bits per heavy atom. The Morgan fingerprint density at radius 2 is 1.76 bits per heavy atom. The smallest absolute Gasteiger partial charge is 0.257 e. The lowest BCUT2D eigenvalue weighted by molar-refractivity contribution is -0.0167. The van der Waals surface area contributed by atoms with Crippen molar-refractivity contribution in [3.8, 4) is 0 Å². The van der Waals surface area contributed by atoms with Crippen LogP contribution in [0, 0.1) is 17.8 Å². The minimum Gasteiger partial charge on any atom is -0.360 e. The second kappa shape index (κ2) is 5.44. The zero-order chi connectivity index (χ0) is 17.2. The predicted octanol–water partition coefficient (Wildman–Crippen LogP) is 3.99. The van der Waals surface area contributed by atoms with Gasteiger partial charge in [-0.2, -0.15) is 0 Å². The molecule has 2 N–H and O–H groups in total. The highest BCUT2D eigenvalue weighted by atomic mass is 79.9. The molecule has 0 unspecified atom stereocenters. The highest BCUT2D eigenvalue weighted by Gasteiger charge is 2.51. The van der Waals surface area contributed by atoms with Gasteiger partial charge in [0.1, 0.15) is 5.56 Å². The van der Waals surface area contributed by atoms with Crippen LogP contribution in [-0.4, -0.2) is 16.4 Å². The molecule has 5 heteroatoms. The molecule has 0 aliphatic heterocycles. The minimum atomic E-state index is -0.215. The molecule has 4 aliphatic carbocycles. The number of hydrogen-bond donors (Lipinski definition) is 2. The third-order valence-corrected chi connectivity index (χ3v) is 7.00. The fraction of sp³-hybridized carbons (Fsp3) is 0.500. The molecule has 130 valence electrons. The van der Waals surface area contributed by atoms with Crippen molar-refractivity contribution in [1.82, 2.24) is 10.3 Å². The zero-order valence-electron chi connectivity index (χ0n) is 14.0. The summed E-state index contributed by atoms with van der Waals surface area (Å²) in [5, 5.41) is 3.85. The van der Waals surface area contributed by atoms with E-state index in [1.807, 2.05) is 12.1 Å². The number of aromatic nitrogens is 1. The van der Waals surface area contributed by atoms with Gasteiger partial charge in [-0.05, 0) is 74.5 Å². The van der Waals surface area contributed by atoms with E-state index in [2.05, 4.69) is 26.2 Å². The quantitative estimate of drug-likeness (QED) is 0.800. The highest BCUT2D eigenvalue weighted by molar-refractivity contribution is 9.10. The molecule has 4 aliphatic rings. The number of rotatable bonds is 2. The molecule has 1 aromatic carbocycles. The number of benzene rings is 1. The van der Waals surface area contributed by atoms with Crippen LogP contribution < -0.4 is 10.7 Å². The van der Waals surface area contributed by atoms with Gasteiger partial charge in [-0.15, -0.1) is 0 Å². The number of hydrogen-bond acceptors (Lipinski definition) is 2. The normalized spacial score (nSPS) is 32.9. The highest BCUT2D eigenvalue weighted by Crippen LogP contribution is 2.55. The van der Waals surface area contributed by atoms with Crippen LogP contribution in [-0.2, 0) is 0 Å². The van der Waals surface area contributed by atoms with Gasteiger partial charge < -0.3 is 10.3 Å². The van der Waals surface area contributed by atoms with E-state index in [4.69, 9.17) is 0 Å². The Kier molecular flexibility index (Phi) is 3.40. The summed E-state index contributed by atoms with van der Waals surface area (Å²) in [7, 11) is 0. The van der Waals surface area contributed by atoms with E-state index in [9.17, 15) is 9.59 Å². The van der Waals surface area contributed by atoms with E-state index in [0.29, 0.717) is 5.39 Å². The predicted molar refractivity (Wildman–Crippen MR) is 101 cm³/mol. The first-order valence-corrected chi connectivity index (χ1v) is 9.94. The number of aromatic amines is 1. The van der Waals surface area contributed by atoms with E-state index in [1.165, 1.54) is 19.3 Å². The first-order chi connectivity index (χ1) is 12.0. The van der Waals surface area contributed by atoms with Crippen LogP contribution >= 0.6 is 15.9 Å². The minimum absolute atomic E-state index is 0.0764. The Balaban J connectivity index is 1.47. The van der Waals surface area contributed by atoms with Crippen molar-refractivity contribution < 1.29 is 4.79 Å². The lowest BCUT2D eigenvalue weighted by Crippen LogP contribution is -2.60. The van der Waals surface area contributed by atoms with Crippen molar-refractivity contribution >= 4 is 32.7 Å². The van der Waals surface area contributed by atoms with E-state index in [0.717, 1.165) is 47.0 Å². The van der Waals surface area contributed by atoms with Crippen molar-refractivity contribution in [1.29, 1.82) is 0 Å². The van der Waals surface area contributed by atoms with Crippen LogP contribution in [0.1, 0.15) is 48.9 Å². The summed E-state index contributed by atoms with van der Waals surface area (Å²) in [4.78, 5) is 28.8. The first-order valence-electron chi connectivity index (χ1n) is 9.15. The average molecular weight is 401 g/mol. The lowest BCUT2D eigenvalue weighted by Gasteiger charge is -2.56. The molecule has 1 heterocycles. The zero-order valence-corrected chi connectivity index (χ0v) is 15.6. The van der Waals surface area contributed by atoms with Gasteiger partial charge in [0.15, 0.2) is 0 Å². The first kappa shape index (κ1) is 15.6. The number of carbonyl (C=O) groups excluding carboxylic acids is 1. The van der Waals surface area contributed by atoms with Crippen LogP contribution in [0.2, 0.25) is 0 Å². The third kappa shape index (κ3) is 2.55. The number of fused-ring (bicyclic) bond motifs is 1. The van der Waals surface area contributed by atoms with Gasteiger partial charge in [0.2, 0.25) is 5.43 Å². The number of amides is 1. The standard InChI is InChI=1S/C20H21BrN2O2/c21-14-1-2-15-17(6-14)22-10-16(18(15)24)19(25)23-20-7-11-3-12(8-20)5-13(4-11)9-20/h1-2,6,10-13H,3-5,7-9H2,(H,22,24)(H,23,25). The van der Waals surface area contributed by atoms with E-state index >= 15 is 0 Å². The van der Waals surface area contributed by atoms with Gasteiger partial charge in [-0.3, -0.25) is 9.59 Å². The van der Waals surface area contributed by atoms with E-state index in [1.54, 1.807) is 12.3 Å². The molecule has 0 saturated heterocycles. The molecule has 0 radical (unpaired) electrons. The number of halogens is 1. The second-order valence-electron chi connectivity index (χ2n) is 8.37. The van der Waals surface area contributed by atoms with Crippen LogP contribution in [0.3, 0.4) is 0 Å². The van der Waals surface area contributed by atoms with Gasteiger partial charge in [0.05, 0.1) is 5.52 Å². The molecule has 6 rings (SSSR count). The topological polar surface area (TPSA) is 62.0 Å². The van der Waals surface area contributed by atoms with Crippen molar-refractivity contribution in [3.05, 3.63) is 44.7 Å². The Bertz CT molecular complexity index is 898. The average Bonchev–Trinajstić information content (AvgIpc) is 2.53. The molecular weight excluding hydrogens is 380 g/mol. The van der Waals surface area contributed by atoms with E-state index < -0.39 is 0 Å². The molecule has 4 nitrogen and oxygen atoms in total. The lowest BCUT2D eigenvalue weighted by atomic mass is 9.53. The Labute approximate surface area is 154 Å². The van der Waals surface area contributed by atoms with Gasteiger partial charge in [0.25, 0.3) is 5.91 Å². The fourth-order valence-corrected chi connectivity index (χ4v) is 6.30. The molecule has 4 bridgehead atoms. The van der Waals surface area contributed by atoms with Gasteiger partial charge in [-0.25, -0.2) is 0 Å². The summed E-state index contributed by atoms with van der Waals surface area (Å²) in [5.74, 6) is 2.07. The van der Waals surface area contributed by atoms with Crippen molar-refractivity contribution in [2.75, 3.05) is 0 Å². The van der Waals surface area contributed by atoms with Crippen LogP contribution in [0.4, 0.5) is 0 Å². The van der Waals surface area contributed by atoms with Gasteiger partial charge in [-0.1, -0.05) is 15.9 Å². The summed E-state index contributed by atoms with van der Waals surface area (Å²) in [6, 6.07) is 5.45. The third-order valence-electron chi connectivity index (χ3n) is 6.50. The van der Waals surface area contributed by atoms with E-state index in [-0.39, 0.29) is 22.4 Å². The van der Waals surface area contributed by atoms with Crippen molar-refractivity contribution in [2.24, 2.45) is 17.8 Å². The maximum Gasteiger partial charge on any atom is 0.257 e. The van der Waals surface area contributed by atoms with Crippen molar-refractivity contribution in [3.63, 3.8) is 0 Å². The molecule has 0 atom stereocenters. The number of pyridine rings is 1.